The summed E-state index contributed by atoms with van der Waals surface area (Å²) in [4.78, 5) is 23.7. The van der Waals surface area contributed by atoms with Crippen LogP contribution in [0.15, 0.2) is 67.4 Å². The van der Waals surface area contributed by atoms with Gasteiger partial charge in [-0.05, 0) is 43.7 Å². The molecule has 4 rings (SSSR count). The van der Waals surface area contributed by atoms with Crippen molar-refractivity contribution < 1.29 is 23.1 Å². The van der Waals surface area contributed by atoms with E-state index in [-0.39, 0.29) is 13.2 Å². The fraction of sp³-hybridized carbons (Fsp3) is 0.217. The number of ether oxygens (including phenoxy) is 2. The highest BCUT2D eigenvalue weighted by Gasteiger charge is 2.12. The van der Waals surface area contributed by atoms with Gasteiger partial charge in [-0.3, -0.25) is 5.32 Å². The van der Waals surface area contributed by atoms with E-state index < -0.39 is 11.7 Å². The molecule has 0 saturated heterocycles. The molecule has 4 aromatic rings. The number of aromatic nitrogens is 2. The third-order valence-electron chi connectivity index (χ3n) is 4.53. The van der Waals surface area contributed by atoms with Gasteiger partial charge in [0.1, 0.15) is 11.3 Å². The predicted octanol–water partition coefficient (Wildman–Crippen LogP) is 4.92. The van der Waals surface area contributed by atoms with Gasteiger partial charge in [0.05, 0.1) is 6.61 Å². The van der Waals surface area contributed by atoms with Crippen LogP contribution >= 0.6 is 11.8 Å². The molecule has 0 unspecified atom stereocenters. The topological polar surface area (TPSA) is 117 Å². The van der Waals surface area contributed by atoms with Crippen LogP contribution in [-0.4, -0.2) is 22.9 Å². The number of amides is 1. The first kappa shape index (κ1) is 22.4. The summed E-state index contributed by atoms with van der Waals surface area (Å²) in [6.07, 6.45) is -0.579. The summed E-state index contributed by atoms with van der Waals surface area (Å²) in [5.74, 6) is 1.48. The Labute approximate surface area is 193 Å². The van der Waals surface area contributed by atoms with Crippen LogP contribution in [0.4, 0.5) is 10.5 Å². The van der Waals surface area contributed by atoms with Crippen molar-refractivity contribution in [3.63, 3.8) is 0 Å². The number of hydrogen-bond acceptors (Lipinski definition) is 9. The summed E-state index contributed by atoms with van der Waals surface area (Å²) in [6.45, 7) is 4.13. The Bertz CT molecular complexity index is 1320. The third-order valence-corrected chi connectivity index (χ3v) is 5.40. The quantitative estimate of drug-likeness (QED) is 0.284. The van der Waals surface area contributed by atoms with Crippen LogP contribution in [0.3, 0.4) is 0 Å². The molecule has 1 amide bonds. The molecule has 1 N–H and O–H groups in total. The van der Waals surface area contributed by atoms with E-state index in [0.717, 1.165) is 16.5 Å². The predicted molar refractivity (Wildman–Crippen MR) is 122 cm³/mol. The second-order valence-electron chi connectivity index (χ2n) is 7.00. The Morgan fingerprint density at radius 3 is 2.70 bits per heavy atom. The Kier molecular flexibility index (Phi) is 6.94. The molecule has 2 heterocycles. The van der Waals surface area contributed by atoms with Gasteiger partial charge in [0.2, 0.25) is 0 Å². The lowest BCUT2D eigenvalue weighted by Crippen LogP contribution is -2.13. The molecule has 0 saturated carbocycles. The minimum atomic E-state index is -0.579. The van der Waals surface area contributed by atoms with E-state index in [1.807, 2.05) is 31.2 Å². The van der Waals surface area contributed by atoms with Gasteiger partial charge in [-0.1, -0.05) is 29.5 Å². The number of benzene rings is 2. The molecule has 0 bridgehead atoms. The maximum atomic E-state index is 12.0. The van der Waals surface area contributed by atoms with Gasteiger partial charge >= 0.3 is 11.7 Å². The summed E-state index contributed by atoms with van der Waals surface area (Å²) in [7, 11) is 0. The first-order chi connectivity index (χ1) is 16.0. The van der Waals surface area contributed by atoms with Crippen molar-refractivity contribution in [2.75, 3.05) is 11.9 Å². The minimum Gasteiger partial charge on any atom is -0.484 e. The van der Waals surface area contributed by atoms with Crippen LogP contribution < -0.4 is 15.7 Å². The molecule has 9 nitrogen and oxygen atoms in total. The molecule has 0 spiro atoms. The number of carbonyl (C=O) groups is 1. The van der Waals surface area contributed by atoms with E-state index in [4.69, 9.17) is 18.3 Å². The lowest BCUT2D eigenvalue weighted by atomic mass is 10.1. The zero-order chi connectivity index (χ0) is 23.2. The van der Waals surface area contributed by atoms with Crippen LogP contribution in [-0.2, 0) is 17.1 Å². The average Bonchev–Trinajstić information content (AvgIpc) is 3.25. The smallest absolute Gasteiger partial charge is 0.411 e. The normalized spacial score (nSPS) is 10.8. The Balaban J connectivity index is 1.42. The molecular formula is C23H21N3O6S. The van der Waals surface area contributed by atoms with Crippen molar-refractivity contribution in [2.45, 2.75) is 31.4 Å². The molecule has 0 aliphatic carbocycles. The van der Waals surface area contributed by atoms with Crippen LogP contribution in [0.5, 0.6) is 5.75 Å². The van der Waals surface area contributed by atoms with Crippen LogP contribution in [0.25, 0.3) is 11.0 Å². The maximum absolute atomic E-state index is 12.0. The fourth-order valence-electron chi connectivity index (χ4n) is 2.99. The number of nitrogens with zero attached hydrogens (tertiary/aromatic N) is 2. The molecule has 33 heavy (non-hydrogen) atoms. The number of aryl methyl sites for hydroxylation is 1. The fourth-order valence-corrected chi connectivity index (χ4v) is 3.76. The maximum Gasteiger partial charge on any atom is 0.411 e. The summed E-state index contributed by atoms with van der Waals surface area (Å²) in [6, 6.07) is 14.1. The van der Waals surface area contributed by atoms with Gasteiger partial charge in [-0.15, -0.1) is 10.2 Å². The van der Waals surface area contributed by atoms with Crippen LogP contribution in [0.2, 0.25) is 0 Å². The minimum absolute atomic E-state index is 0.157. The van der Waals surface area contributed by atoms with Crippen LogP contribution in [0.1, 0.15) is 23.9 Å². The van der Waals surface area contributed by atoms with Gasteiger partial charge in [0.15, 0.2) is 6.61 Å². The standard InChI is InChI=1S/C23H21N3O6S/c1-3-29-22(28)24-16-6-9-18-15(10-21(27)31-19(18)11-16)13-33-23-26-25-20(32-23)12-30-17-7-4-14(2)5-8-17/h4-11H,3,12-13H2,1-2H3,(H,24,28). The van der Waals surface area contributed by atoms with E-state index in [1.165, 1.54) is 17.8 Å². The molecule has 0 radical (unpaired) electrons. The molecule has 0 aliphatic heterocycles. The number of nitrogens with one attached hydrogen (secondary N) is 1. The summed E-state index contributed by atoms with van der Waals surface area (Å²) in [5, 5.41) is 11.7. The highest BCUT2D eigenvalue weighted by molar-refractivity contribution is 7.98. The van der Waals surface area contributed by atoms with E-state index in [1.54, 1.807) is 25.1 Å². The molecule has 2 aromatic carbocycles. The second kappa shape index (κ2) is 10.2. The van der Waals surface area contributed by atoms with Gasteiger partial charge < -0.3 is 18.3 Å². The zero-order valence-electron chi connectivity index (χ0n) is 18.0. The molecule has 0 aliphatic rings. The highest BCUT2D eigenvalue weighted by Crippen LogP contribution is 2.27. The largest absolute Gasteiger partial charge is 0.484 e. The van der Waals surface area contributed by atoms with Crippen molar-refractivity contribution in [3.05, 3.63) is 76.0 Å². The summed E-state index contributed by atoms with van der Waals surface area (Å²) >= 11 is 1.30. The molecule has 2 aromatic heterocycles. The number of hydrogen-bond donors (Lipinski definition) is 1. The number of anilines is 1. The van der Waals surface area contributed by atoms with Crippen molar-refractivity contribution in [2.24, 2.45) is 0 Å². The average molecular weight is 468 g/mol. The van der Waals surface area contributed by atoms with Gasteiger partial charge in [-0.2, -0.15) is 0 Å². The van der Waals surface area contributed by atoms with E-state index >= 15 is 0 Å². The lowest BCUT2D eigenvalue weighted by molar-refractivity contribution is 0.168. The lowest BCUT2D eigenvalue weighted by Gasteiger charge is -2.08. The first-order valence-corrected chi connectivity index (χ1v) is 11.1. The van der Waals surface area contributed by atoms with E-state index in [2.05, 4.69) is 15.5 Å². The molecule has 0 atom stereocenters. The summed E-state index contributed by atoms with van der Waals surface area (Å²) < 4.78 is 21.4. The van der Waals surface area contributed by atoms with E-state index in [0.29, 0.717) is 33.9 Å². The van der Waals surface area contributed by atoms with Crippen molar-refractivity contribution >= 4 is 34.5 Å². The van der Waals surface area contributed by atoms with E-state index in [9.17, 15) is 9.59 Å². The number of fused-ring (bicyclic) bond motifs is 1. The highest BCUT2D eigenvalue weighted by atomic mass is 32.2. The third kappa shape index (κ3) is 5.92. The number of thioether (sulfide) groups is 1. The monoisotopic (exact) mass is 467 g/mol. The second-order valence-corrected chi connectivity index (χ2v) is 7.93. The number of carbonyl (C=O) groups excluding carboxylic acids is 1. The molecular weight excluding hydrogens is 446 g/mol. The van der Waals surface area contributed by atoms with Gasteiger partial charge in [-0.25, -0.2) is 9.59 Å². The molecule has 10 heteroatoms. The van der Waals surface area contributed by atoms with Crippen molar-refractivity contribution in [3.8, 4) is 5.75 Å². The Morgan fingerprint density at radius 2 is 1.91 bits per heavy atom. The number of rotatable bonds is 8. The van der Waals surface area contributed by atoms with Crippen LogP contribution in [0, 0.1) is 6.92 Å². The first-order valence-electron chi connectivity index (χ1n) is 10.2. The van der Waals surface area contributed by atoms with Gasteiger partial charge in [0, 0.05) is 29.0 Å². The molecule has 0 fully saturated rings. The van der Waals surface area contributed by atoms with Crippen molar-refractivity contribution in [1.29, 1.82) is 0 Å². The Morgan fingerprint density at radius 1 is 1.09 bits per heavy atom. The van der Waals surface area contributed by atoms with Crippen molar-refractivity contribution in [1.82, 2.24) is 10.2 Å². The van der Waals surface area contributed by atoms with Gasteiger partial charge in [0.25, 0.3) is 11.1 Å². The SMILES string of the molecule is CCOC(=O)Nc1ccc2c(CSc3nnc(COc4ccc(C)cc4)o3)cc(=O)oc2c1. The molecule has 170 valence electrons. The zero-order valence-corrected chi connectivity index (χ0v) is 18.8. The summed E-state index contributed by atoms with van der Waals surface area (Å²) in [5.41, 5.74) is 2.20. The Hall–Kier alpha value is -3.79.